The van der Waals surface area contributed by atoms with Crippen molar-refractivity contribution in [1.29, 1.82) is 0 Å². The first kappa shape index (κ1) is 23.0. The zero-order valence-corrected chi connectivity index (χ0v) is 19.8. The SMILES string of the molecule is CCNC(=NCc1csc(-c2ccccc2)n1)Nc1ccc(OC)c(OC)c1.I. The zero-order chi connectivity index (χ0) is 19.8. The molecule has 0 amide bonds. The number of methoxy groups -OCH3 is 2. The first-order chi connectivity index (χ1) is 13.7. The maximum absolute atomic E-state index is 5.36. The molecule has 0 aliphatic carbocycles. The molecule has 0 atom stereocenters. The second-order valence-electron chi connectivity index (χ2n) is 5.90. The van der Waals surface area contributed by atoms with Gasteiger partial charge >= 0.3 is 0 Å². The molecule has 3 aromatic rings. The quantitative estimate of drug-likeness (QED) is 0.258. The normalized spacial score (nSPS) is 10.8. The van der Waals surface area contributed by atoms with Gasteiger partial charge < -0.3 is 20.1 Å². The van der Waals surface area contributed by atoms with Gasteiger partial charge in [-0.15, -0.1) is 35.3 Å². The third-order valence-corrected chi connectivity index (χ3v) is 4.90. The number of anilines is 1. The molecule has 0 aliphatic heterocycles. The van der Waals surface area contributed by atoms with Crippen LogP contribution in [0.2, 0.25) is 0 Å². The maximum atomic E-state index is 5.36. The Morgan fingerprint density at radius 2 is 1.83 bits per heavy atom. The van der Waals surface area contributed by atoms with Crippen molar-refractivity contribution >= 4 is 47.0 Å². The Kier molecular flexibility index (Phi) is 9.20. The monoisotopic (exact) mass is 524 g/mol. The lowest BCUT2D eigenvalue weighted by molar-refractivity contribution is 0.355. The third kappa shape index (κ3) is 6.33. The van der Waals surface area contributed by atoms with Gasteiger partial charge in [-0.25, -0.2) is 9.98 Å². The third-order valence-electron chi connectivity index (χ3n) is 3.96. The van der Waals surface area contributed by atoms with Crippen LogP contribution in [0.1, 0.15) is 12.6 Å². The summed E-state index contributed by atoms with van der Waals surface area (Å²) in [6.45, 7) is 3.28. The summed E-state index contributed by atoms with van der Waals surface area (Å²) < 4.78 is 10.6. The van der Waals surface area contributed by atoms with Gasteiger partial charge in [0.05, 0.1) is 26.5 Å². The summed E-state index contributed by atoms with van der Waals surface area (Å²) in [5.41, 5.74) is 2.92. The molecule has 0 saturated heterocycles. The van der Waals surface area contributed by atoms with Crippen LogP contribution in [0.5, 0.6) is 11.5 Å². The second kappa shape index (κ2) is 11.6. The molecule has 154 valence electrons. The number of ether oxygens (including phenoxy) is 2. The lowest BCUT2D eigenvalue weighted by atomic mass is 10.2. The average Bonchev–Trinajstić information content (AvgIpc) is 3.22. The van der Waals surface area contributed by atoms with Crippen LogP contribution in [0.3, 0.4) is 0 Å². The highest BCUT2D eigenvalue weighted by Crippen LogP contribution is 2.29. The van der Waals surface area contributed by atoms with Gasteiger partial charge in [-0.2, -0.15) is 0 Å². The van der Waals surface area contributed by atoms with E-state index in [1.165, 1.54) is 0 Å². The number of aliphatic imine (C=N–C) groups is 1. The highest BCUT2D eigenvalue weighted by molar-refractivity contribution is 14.0. The Bertz CT molecular complexity index is 931. The van der Waals surface area contributed by atoms with Crippen molar-refractivity contribution < 1.29 is 9.47 Å². The fourth-order valence-corrected chi connectivity index (χ4v) is 3.43. The van der Waals surface area contributed by atoms with Gasteiger partial charge in [-0.3, -0.25) is 0 Å². The number of aromatic nitrogens is 1. The van der Waals surface area contributed by atoms with Crippen LogP contribution in [-0.2, 0) is 6.54 Å². The van der Waals surface area contributed by atoms with E-state index in [0.29, 0.717) is 24.0 Å². The molecular formula is C21H25IN4O2S. The molecule has 1 aromatic heterocycles. The summed E-state index contributed by atoms with van der Waals surface area (Å²) in [6, 6.07) is 15.8. The van der Waals surface area contributed by atoms with E-state index in [0.717, 1.165) is 28.5 Å². The molecule has 1 heterocycles. The number of hydrogen-bond donors (Lipinski definition) is 2. The van der Waals surface area contributed by atoms with Gasteiger partial charge in [-0.05, 0) is 19.1 Å². The summed E-state index contributed by atoms with van der Waals surface area (Å²) >= 11 is 1.63. The maximum Gasteiger partial charge on any atom is 0.196 e. The minimum Gasteiger partial charge on any atom is -0.493 e. The lowest BCUT2D eigenvalue weighted by Gasteiger charge is -2.13. The van der Waals surface area contributed by atoms with E-state index in [4.69, 9.17) is 9.47 Å². The van der Waals surface area contributed by atoms with Crippen molar-refractivity contribution in [2.45, 2.75) is 13.5 Å². The van der Waals surface area contributed by atoms with Gasteiger partial charge in [0.1, 0.15) is 5.01 Å². The molecule has 0 unspecified atom stereocenters. The van der Waals surface area contributed by atoms with Gasteiger partial charge in [-0.1, -0.05) is 30.3 Å². The van der Waals surface area contributed by atoms with Crippen molar-refractivity contribution in [2.75, 3.05) is 26.1 Å². The molecule has 29 heavy (non-hydrogen) atoms. The smallest absolute Gasteiger partial charge is 0.196 e. The molecule has 2 N–H and O–H groups in total. The van der Waals surface area contributed by atoms with Crippen LogP contribution in [0.15, 0.2) is 58.9 Å². The van der Waals surface area contributed by atoms with Crippen LogP contribution < -0.4 is 20.1 Å². The summed E-state index contributed by atoms with van der Waals surface area (Å²) in [6.07, 6.45) is 0. The second-order valence-corrected chi connectivity index (χ2v) is 6.76. The number of guanidine groups is 1. The molecule has 3 rings (SSSR count). The molecule has 0 saturated carbocycles. The topological polar surface area (TPSA) is 67.8 Å². The van der Waals surface area contributed by atoms with Gasteiger partial charge in [0, 0.05) is 29.2 Å². The van der Waals surface area contributed by atoms with E-state index >= 15 is 0 Å². The first-order valence-electron chi connectivity index (χ1n) is 9.00. The molecular weight excluding hydrogens is 499 g/mol. The number of halogens is 1. The van der Waals surface area contributed by atoms with Crippen LogP contribution in [0, 0.1) is 0 Å². The van der Waals surface area contributed by atoms with Gasteiger partial charge in [0.15, 0.2) is 17.5 Å². The fraction of sp³-hybridized carbons (Fsp3) is 0.238. The number of thiazole rings is 1. The van der Waals surface area contributed by atoms with E-state index in [1.54, 1.807) is 25.6 Å². The molecule has 8 heteroatoms. The number of nitrogens with zero attached hydrogens (tertiary/aromatic N) is 2. The highest BCUT2D eigenvalue weighted by atomic mass is 127. The predicted molar refractivity (Wildman–Crippen MR) is 131 cm³/mol. The number of benzene rings is 2. The molecule has 6 nitrogen and oxygen atoms in total. The number of rotatable bonds is 7. The van der Waals surface area contributed by atoms with Crippen LogP contribution in [-0.4, -0.2) is 31.7 Å². The van der Waals surface area contributed by atoms with E-state index in [9.17, 15) is 0 Å². The van der Waals surface area contributed by atoms with E-state index in [1.807, 2.05) is 48.7 Å². The minimum absolute atomic E-state index is 0. The van der Waals surface area contributed by atoms with Crippen molar-refractivity contribution in [3.05, 3.63) is 59.6 Å². The Hall–Kier alpha value is -2.33. The largest absolute Gasteiger partial charge is 0.493 e. The molecule has 0 spiro atoms. The summed E-state index contributed by atoms with van der Waals surface area (Å²) in [4.78, 5) is 9.34. The average molecular weight is 524 g/mol. The fourth-order valence-electron chi connectivity index (χ4n) is 2.61. The standard InChI is InChI=1S/C21H24N4O2S.HI/c1-4-22-21(25-16-10-11-18(26-2)19(12-16)27-3)23-13-17-14-28-20(24-17)15-8-6-5-7-9-15;/h5-12,14H,4,13H2,1-3H3,(H2,22,23,25);1H. The van der Waals surface area contributed by atoms with Crippen molar-refractivity contribution in [3.8, 4) is 22.1 Å². The number of hydrogen-bond acceptors (Lipinski definition) is 5. The molecule has 0 fully saturated rings. The Morgan fingerprint density at radius 1 is 1.07 bits per heavy atom. The summed E-state index contributed by atoms with van der Waals surface area (Å²) in [5, 5.41) is 9.59. The van der Waals surface area contributed by atoms with Gasteiger partial charge in [0.2, 0.25) is 0 Å². The van der Waals surface area contributed by atoms with E-state index < -0.39 is 0 Å². The predicted octanol–water partition coefficient (Wildman–Crippen LogP) is 5.02. The van der Waals surface area contributed by atoms with Crippen molar-refractivity contribution in [1.82, 2.24) is 10.3 Å². The van der Waals surface area contributed by atoms with Crippen LogP contribution in [0.4, 0.5) is 5.69 Å². The van der Waals surface area contributed by atoms with E-state index in [-0.39, 0.29) is 24.0 Å². The van der Waals surface area contributed by atoms with E-state index in [2.05, 4.69) is 32.7 Å². The number of nitrogens with one attached hydrogen (secondary N) is 2. The summed E-state index contributed by atoms with van der Waals surface area (Å²) in [7, 11) is 3.24. The molecule has 2 aromatic carbocycles. The Balaban J connectivity index is 0.00000300. The molecule has 0 aliphatic rings. The Labute approximate surface area is 192 Å². The minimum atomic E-state index is 0. The Morgan fingerprint density at radius 3 is 2.52 bits per heavy atom. The van der Waals surface area contributed by atoms with Crippen LogP contribution in [0.25, 0.3) is 10.6 Å². The van der Waals surface area contributed by atoms with Gasteiger partial charge in [0.25, 0.3) is 0 Å². The first-order valence-corrected chi connectivity index (χ1v) is 9.88. The zero-order valence-electron chi connectivity index (χ0n) is 16.6. The molecule has 0 radical (unpaired) electrons. The van der Waals surface area contributed by atoms with Crippen molar-refractivity contribution in [2.24, 2.45) is 4.99 Å². The molecule has 0 bridgehead atoms. The summed E-state index contributed by atoms with van der Waals surface area (Å²) in [5.74, 6) is 2.03. The van der Waals surface area contributed by atoms with Crippen molar-refractivity contribution in [3.63, 3.8) is 0 Å². The highest BCUT2D eigenvalue weighted by Gasteiger charge is 2.07. The lowest BCUT2D eigenvalue weighted by Crippen LogP contribution is -2.30. The van der Waals surface area contributed by atoms with Crippen LogP contribution >= 0.6 is 35.3 Å².